The molecule has 0 bridgehead atoms. The van der Waals surface area contributed by atoms with Crippen LogP contribution in [-0.4, -0.2) is 0 Å². The minimum absolute atomic E-state index is 0.281. The first kappa shape index (κ1) is 12.9. The summed E-state index contributed by atoms with van der Waals surface area (Å²) < 4.78 is 1.13. The van der Waals surface area contributed by atoms with E-state index in [0.29, 0.717) is 0 Å². The third-order valence-electron chi connectivity index (χ3n) is 2.65. The van der Waals surface area contributed by atoms with Gasteiger partial charge < -0.3 is 5.32 Å². The number of hydrogen-bond donors (Lipinski definition) is 1. The molecule has 1 N–H and O–H groups in total. The summed E-state index contributed by atoms with van der Waals surface area (Å²) in [4.78, 5) is 1.30. The van der Waals surface area contributed by atoms with E-state index >= 15 is 0 Å². The second-order valence-corrected chi connectivity index (χ2v) is 6.21. The molecule has 0 spiro atoms. The highest BCUT2D eigenvalue weighted by Crippen LogP contribution is 2.30. The molecule has 0 aliphatic carbocycles. The summed E-state index contributed by atoms with van der Waals surface area (Å²) >= 11 is 11.3. The van der Waals surface area contributed by atoms with Crippen LogP contribution in [0.25, 0.3) is 0 Å². The molecule has 0 aliphatic heterocycles. The van der Waals surface area contributed by atoms with Gasteiger partial charge in [-0.1, -0.05) is 17.7 Å². The van der Waals surface area contributed by atoms with Crippen LogP contribution in [0, 0.1) is 6.92 Å². The fraction of sp³-hybridized carbons (Fsp3) is 0.231. The minimum Gasteiger partial charge on any atom is -0.377 e. The van der Waals surface area contributed by atoms with Crippen LogP contribution in [0.5, 0.6) is 0 Å². The fourth-order valence-corrected chi connectivity index (χ4v) is 3.25. The zero-order valence-electron chi connectivity index (χ0n) is 9.63. The standard InChI is InChI=1S/C13H13BrClNS/c1-8-11(15)4-3-5-12(8)16-9(2)13-6-10(14)7-17-13/h3-7,9,16H,1-2H3. The van der Waals surface area contributed by atoms with Gasteiger partial charge >= 0.3 is 0 Å². The monoisotopic (exact) mass is 329 g/mol. The minimum atomic E-state index is 0.281. The fourth-order valence-electron chi connectivity index (χ4n) is 1.62. The van der Waals surface area contributed by atoms with Crippen LogP contribution in [0.1, 0.15) is 23.4 Å². The van der Waals surface area contributed by atoms with Gasteiger partial charge in [-0.25, -0.2) is 0 Å². The maximum Gasteiger partial charge on any atom is 0.0578 e. The van der Waals surface area contributed by atoms with E-state index in [2.05, 4.69) is 45.7 Å². The summed E-state index contributed by atoms with van der Waals surface area (Å²) in [7, 11) is 0. The first-order chi connectivity index (χ1) is 8.08. The summed E-state index contributed by atoms with van der Waals surface area (Å²) in [6, 6.07) is 8.36. The maximum atomic E-state index is 6.10. The maximum absolute atomic E-state index is 6.10. The van der Waals surface area contributed by atoms with Crippen molar-refractivity contribution < 1.29 is 0 Å². The van der Waals surface area contributed by atoms with Crippen LogP contribution < -0.4 is 5.32 Å². The van der Waals surface area contributed by atoms with Gasteiger partial charge in [0.25, 0.3) is 0 Å². The average Bonchev–Trinajstić information content (AvgIpc) is 2.72. The van der Waals surface area contributed by atoms with Crippen molar-refractivity contribution in [2.24, 2.45) is 0 Å². The topological polar surface area (TPSA) is 12.0 Å². The predicted molar refractivity (Wildman–Crippen MR) is 80.2 cm³/mol. The van der Waals surface area contributed by atoms with E-state index in [1.54, 1.807) is 11.3 Å². The molecule has 0 amide bonds. The van der Waals surface area contributed by atoms with Gasteiger partial charge in [-0.2, -0.15) is 0 Å². The van der Waals surface area contributed by atoms with Crippen LogP contribution in [0.3, 0.4) is 0 Å². The van der Waals surface area contributed by atoms with Gasteiger partial charge in [-0.3, -0.25) is 0 Å². The Morgan fingerprint density at radius 2 is 2.18 bits per heavy atom. The van der Waals surface area contributed by atoms with Gasteiger partial charge in [0.1, 0.15) is 0 Å². The Bertz CT molecular complexity index is 524. The van der Waals surface area contributed by atoms with E-state index in [-0.39, 0.29) is 6.04 Å². The number of anilines is 1. The van der Waals surface area contributed by atoms with Gasteiger partial charge in [-0.15, -0.1) is 11.3 Å². The largest absolute Gasteiger partial charge is 0.377 e. The highest BCUT2D eigenvalue weighted by atomic mass is 79.9. The molecule has 0 fully saturated rings. The van der Waals surface area contributed by atoms with Crippen LogP contribution in [-0.2, 0) is 0 Å². The third-order valence-corrected chi connectivity index (χ3v) is 4.94. The second kappa shape index (κ2) is 5.42. The Labute approximate surface area is 119 Å². The number of halogens is 2. The Balaban J connectivity index is 2.18. The summed E-state index contributed by atoms with van der Waals surface area (Å²) in [5, 5.41) is 6.38. The number of benzene rings is 1. The first-order valence-corrected chi connectivity index (χ1v) is 7.38. The lowest BCUT2D eigenvalue weighted by Crippen LogP contribution is -2.06. The van der Waals surface area contributed by atoms with Gasteiger partial charge in [0.2, 0.25) is 0 Å². The molecule has 17 heavy (non-hydrogen) atoms. The summed E-state index contributed by atoms with van der Waals surface area (Å²) in [6.07, 6.45) is 0. The first-order valence-electron chi connectivity index (χ1n) is 5.33. The zero-order valence-corrected chi connectivity index (χ0v) is 12.8. The van der Waals surface area contributed by atoms with Gasteiger partial charge in [-0.05, 0) is 53.5 Å². The van der Waals surface area contributed by atoms with Crippen molar-refractivity contribution in [2.75, 3.05) is 5.32 Å². The van der Waals surface area contributed by atoms with Crippen LogP contribution >= 0.6 is 38.9 Å². The normalized spacial score (nSPS) is 12.5. The molecule has 1 unspecified atom stereocenters. The molecule has 0 aliphatic rings. The molecular formula is C13H13BrClNS. The molecule has 0 saturated heterocycles. The molecule has 1 aromatic heterocycles. The SMILES string of the molecule is Cc1c(Cl)cccc1NC(C)c1cc(Br)cs1. The third kappa shape index (κ3) is 3.03. The van der Waals surface area contributed by atoms with Crippen LogP contribution in [0.4, 0.5) is 5.69 Å². The predicted octanol–water partition coefficient (Wildman–Crippen LogP) is 5.65. The molecule has 1 atom stereocenters. The second-order valence-electron chi connectivity index (χ2n) is 3.95. The molecule has 1 nitrogen and oxygen atoms in total. The zero-order chi connectivity index (χ0) is 12.4. The Morgan fingerprint density at radius 3 is 2.82 bits per heavy atom. The van der Waals surface area contributed by atoms with Crippen molar-refractivity contribution in [2.45, 2.75) is 19.9 Å². The summed E-state index contributed by atoms with van der Waals surface area (Å²) in [5.74, 6) is 0. The molecule has 4 heteroatoms. The Morgan fingerprint density at radius 1 is 1.41 bits per heavy atom. The number of hydrogen-bond acceptors (Lipinski definition) is 2. The van der Waals surface area contributed by atoms with Crippen molar-refractivity contribution >= 4 is 44.6 Å². The molecule has 0 radical (unpaired) electrons. The molecule has 2 aromatic rings. The molecule has 1 aromatic carbocycles. The smallest absolute Gasteiger partial charge is 0.0578 e. The lowest BCUT2D eigenvalue weighted by atomic mass is 10.1. The van der Waals surface area contributed by atoms with Crippen LogP contribution in [0.2, 0.25) is 5.02 Å². The van der Waals surface area contributed by atoms with Crippen molar-refractivity contribution in [3.63, 3.8) is 0 Å². The molecular weight excluding hydrogens is 318 g/mol. The van der Waals surface area contributed by atoms with E-state index < -0.39 is 0 Å². The molecule has 90 valence electrons. The van der Waals surface area contributed by atoms with E-state index in [0.717, 1.165) is 20.7 Å². The van der Waals surface area contributed by atoms with Crippen molar-refractivity contribution in [3.05, 3.63) is 49.6 Å². The molecule has 2 rings (SSSR count). The van der Waals surface area contributed by atoms with Crippen molar-refractivity contribution in [1.82, 2.24) is 0 Å². The van der Waals surface area contributed by atoms with Gasteiger partial charge in [0, 0.05) is 25.4 Å². The van der Waals surface area contributed by atoms with E-state index in [9.17, 15) is 0 Å². The average molecular weight is 331 g/mol. The van der Waals surface area contributed by atoms with Crippen LogP contribution in [0.15, 0.2) is 34.1 Å². The van der Waals surface area contributed by atoms with E-state index in [4.69, 9.17) is 11.6 Å². The lowest BCUT2D eigenvalue weighted by Gasteiger charge is -2.16. The number of rotatable bonds is 3. The summed E-state index contributed by atoms with van der Waals surface area (Å²) in [5.41, 5.74) is 2.19. The quantitative estimate of drug-likeness (QED) is 0.767. The highest BCUT2D eigenvalue weighted by molar-refractivity contribution is 9.10. The highest BCUT2D eigenvalue weighted by Gasteiger charge is 2.10. The van der Waals surface area contributed by atoms with Gasteiger partial charge in [0.05, 0.1) is 6.04 Å². The number of nitrogens with one attached hydrogen (secondary N) is 1. The molecule has 0 saturated carbocycles. The molecule has 1 heterocycles. The van der Waals surface area contributed by atoms with Gasteiger partial charge in [0.15, 0.2) is 0 Å². The van der Waals surface area contributed by atoms with Crippen molar-refractivity contribution in [3.8, 4) is 0 Å². The van der Waals surface area contributed by atoms with E-state index in [1.807, 2.05) is 19.1 Å². The number of thiophene rings is 1. The van der Waals surface area contributed by atoms with Crippen molar-refractivity contribution in [1.29, 1.82) is 0 Å². The van der Waals surface area contributed by atoms with E-state index in [1.165, 1.54) is 4.88 Å². The summed E-state index contributed by atoms with van der Waals surface area (Å²) in [6.45, 7) is 4.18. The Kier molecular flexibility index (Phi) is 4.13. The Hall–Kier alpha value is -0.510. The lowest BCUT2D eigenvalue weighted by molar-refractivity contribution is 0.905.